The van der Waals surface area contributed by atoms with Crippen molar-refractivity contribution >= 4 is 5.91 Å². The van der Waals surface area contributed by atoms with E-state index in [0.29, 0.717) is 5.69 Å². The fourth-order valence-corrected chi connectivity index (χ4v) is 3.46. The van der Waals surface area contributed by atoms with Crippen LogP contribution in [0.15, 0.2) is 72.9 Å². The zero-order valence-electron chi connectivity index (χ0n) is 17.9. The highest BCUT2D eigenvalue weighted by atomic mass is 19.4. The molecule has 0 aliphatic heterocycles. The first-order valence-corrected chi connectivity index (χ1v) is 10.4. The fourth-order valence-electron chi connectivity index (χ4n) is 3.46. The summed E-state index contributed by atoms with van der Waals surface area (Å²) < 4.78 is 41.4. The Morgan fingerprint density at radius 3 is 2.30 bits per heavy atom. The number of para-hydroxylation sites is 1. The lowest BCUT2D eigenvalue weighted by Crippen LogP contribution is -2.24. The fraction of sp³-hybridized carbons (Fsp3) is 0.208. The number of nitrogens with one attached hydrogen (secondary N) is 1. The van der Waals surface area contributed by atoms with Gasteiger partial charge in [-0.25, -0.2) is 4.68 Å². The van der Waals surface area contributed by atoms with Crippen LogP contribution in [0.3, 0.4) is 0 Å². The van der Waals surface area contributed by atoms with Crippen molar-refractivity contribution in [3.63, 3.8) is 0 Å². The van der Waals surface area contributed by atoms with E-state index >= 15 is 0 Å². The Hall–Kier alpha value is -3.88. The highest BCUT2D eigenvalue weighted by Gasteiger charge is 2.34. The Bertz CT molecular complexity index is 1230. The summed E-state index contributed by atoms with van der Waals surface area (Å²) in [6.45, 7) is 1.83. The minimum atomic E-state index is -4.51. The van der Waals surface area contributed by atoms with Crippen LogP contribution in [0, 0.1) is 6.92 Å². The zero-order chi connectivity index (χ0) is 23.4. The zero-order valence-corrected chi connectivity index (χ0v) is 17.9. The van der Waals surface area contributed by atoms with E-state index in [1.54, 1.807) is 4.68 Å². The van der Waals surface area contributed by atoms with Crippen LogP contribution in [0.5, 0.6) is 0 Å². The predicted octanol–water partition coefficient (Wildman–Crippen LogP) is 4.77. The van der Waals surface area contributed by atoms with Crippen LogP contribution in [0.4, 0.5) is 13.2 Å². The first-order chi connectivity index (χ1) is 15.8. The van der Waals surface area contributed by atoms with Crippen LogP contribution >= 0.6 is 0 Å². The number of alkyl halides is 3. The summed E-state index contributed by atoms with van der Waals surface area (Å²) in [5.41, 5.74) is 2.78. The maximum absolute atomic E-state index is 12.8. The van der Waals surface area contributed by atoms with Gasteiger partial charge in [-0.05, 0) is 25.1 Å². The molecule has 0 saturated heterocycles. The molecule has 33 heavy (non-hydrogen) atoms. The molecule has 2 heterocycles. The van der Waals surface area contributed by atoms with Crippen molar-refractivity contribution in [3.8, 4) is 16.9 Å². The number of halogens is 3. The molecular weight excluding hydrogens is 431 g/mol. The molecule has 9 heteroatoms. The number of hydrogen-bond donors (Lipinski definition) is 1. The van der Waals surface area contributed by atoms with Gasteiger partial charge in [0, 0.05) is 42.5 Å². The average Bonchev–Trinajstić information content (AvgIpc) is 3.41. The van der Waals surface area contributed by atoms with E-state index in [0.717, 1.165) is 28.6 Å². The van der Waals surface area contributed by atoms with Gasteiger partial charge in [0.25, 0.3) is 0 Å². The number of nitrogens with zero attached hydrogens (tertiary/aromatic N) is 4. The monoisotopic (exact) mass is 453 g/mol. The molecule has 0 spiro atoms. The number of carbonyl (C=O) groups is 1. The summed E-state index contributed by atoms with van der Waals surface area (Å²) in [4.78, 5) is 12.4. The van der Waals surface area contributed by atoms with Gasteiger partial charge < -0.3 is 5.32 Å². The Morgan fingerprint density at radius 2 is 1.67 bits per heavy atom. The van der Waals surface area contributed by atoms with E-state index in [2.05, 4.69) is 10.4 Å². The van der Waals surface area contributed by atoms with Gasteiger partial charge >= 0.3 is 6.18 Å². The predicted molar refractivity (Wildman–Crippen MR) is 117 cm³/mol. The minimum absolute atomic E-state index is 0.00725. The first-order valence-electron chi connectivity index (χ1n) is 10.4. The van der Waals surface area contributed by atoms with E-state index < -0.39 is 11.9 Å². The van der Waals surface area contributed by atoms with Crippen molar-refractivity contribution < 1.29 is 18.0 Å². The average molecular weight is 453 g/mol. The maximum Gasteiger partial charge on any atom is 0.435 e. The lowest BCUT2D eigenvalue weighted by molar-refractivity contribution is -0.141. The number of hydrogen-bond acceptors (Lipinski definition) is 3. The minimum Gasteiger partial charge on any atom is -0.352 e. The Kier molecular flexibility index (Phi) is 6.30. The number of rotatable bonds is 7. The molecule has 0 aliphatic rings. The van der Waals surface area contributed by atoms with E-state index in [1.807, 2.05) is 66.9 Å². The quantitative estimate of drug-likeness (QED) is 0.439. The number of aryl methyl sites for hydroxylation is 2. The van der Waals surface area contributed by atoms with Gasteiger partial charge in [0.1, 0.15) is 0 Å². The van der Waals surface area contributed by atoms with Crippen LogP contribution < -0.4 is 5.32 Å². The first kappa shape index (κ1) is 22.3. The van der Waals surface area contributed by atoms with Crippen molar-refractivity contribution in [2.24, 2.45) is 0 Å². The lowest BCUT2D eigenvalue weighted by atomic mass is 10.1. The molecule has 4 aromatic rings. The molecule has 0 aliphatic carbocycles. The van der Waals surface area contributed by atoms with Gasteiger partial charge in [-0.15, -0.1) is 0 Å². The van der Waals surface area contributed by atoms with Crippen LogP contribution in [0.2, 0.25) is 0 Å². The van der Waals surface area contributed by atoms with E-state index in [1.165, 1.54) is 11.6 Å². The second kappa shape index (κ2) is 9.32. The van der Waals surface area contributed by atoms with Crippen LogP contribution in [0.25, 0.3) is 16.9 Å². The van der Waals surface area contributed by atoms with Gasteiger partial charge in [0.15, 0.2) is 5.69 Å². The lowest BCUT2D eigenvalue weighted by Gasteiger charge is -2.07. The largest absolute Gasteiger partial charge is 0.435 e. The van der Waals surface area contributed by atoms with Gasteiger partial charge in [-0.3, -0.25) is 9.48 Å². The van der Waals surface area contributed by atoms with Crippen LogP contribution in [-0.4, -0.2) is 25.5 Å². The number of amides is 1. The van der Waals surface area contributed by atoms with E-state index in [-0.39, 0.29) is 25.4 Å². The second-order valence-corrected chi connectivity index (χ2v) is 7.57. The SMILES string of the molecule is Cc1cc(C(F)(F)F)nn1CCC(=O)NCc1cn(-c2ccccc2)nc1-c1ccccc1. The summed E-state index contributed by atoms with van der Waals surface area (Å²) in [7, 11) is 0. The van der Waals surface area contributed by atoms with Crippen molar-refractivity contribution in [3.05, 3.63) is 89.9 Å². The molecule has 6 nitrogen and oxygen atoms in total. The smallest absolute Gasteiger partial charge is 0.352 e. The summed E-state index contributed by atoms with van der Waals surface area (Å²) in [6, 6.07) is 20.3. The molecule has 0 atom stereocenters. The molecular formula is C24H22F3N5O. The molecule has 0 radical (unpaired) electrons. The third-order valence-corrected chi connectivity index (χ3v) is 5.16. The van der Waals surface area contributed by atoms with Crippen LogP contribution in [0.1, 0.15) is 23.4 Å². The van der Waals surface area contributed by atoms with Crippen molar-refractivity contribution in [2.75, 3.05) is 0 Å². The van der Waals surface area contributed by atoms with Crippen molar-refractivity contribution in [1.29, 1.82) is 0 Å². The number of carbonyl (C=O) groups excluding carboxylic acids is 1. The summed E-state index contributed by atoms with van der Waals surface area (Å²) in [5, 5.41) is 11.1. The van der Waals surface area contributed by atoms with Crippen molar-refractivity contribution in [1.82, 2.24) is 24.9 Å². The molecule has 1 amide bonds. The Balaban J connectivity index is 1.46. The van der Waals surface area contributed by atoms with E-state index in [9.17, 15) is 18.0 Å². The third-order valence-electron chi connectivity index (χ3n) is 5.16. The molecule has 2 aromatic carbocycles. The molecule has 2 aromatic heterocycles. The molecule has 1 N–H and O–H groups in total. The third kappa shape index (κ3) is 5.31. The summed E-state index contributed by atoms with van der Waals surface area (Å²) in [6.07, 6.45) is -2.64. The molecule has 0 saturated carbocycles. The summed E-state index contributed by atoms with van der Waals surface area (Å²) >= 11 is 0. The number of aromatic nitrogens is 4. The normalized spacial score (nSPS) is 11.5. The molecule has 170 valence electrons. The van der Waals surface area contributed by atoms with Crippen LogP contribution in [-0.2, 0) is 24.1 Å². The molecule has 0 bridgehead atoms. The highest BCUT2D eigenvalue weighted by molar-refractivity contribution is 5.76. The highest BCUT2D eigenvalue weighted by Crippen LogP contribution is 2.28. The second-order valence-electron chi connectivity index (χ2n) is 7.57. The summed E-state index contributed by atoms with van der Waals surface area (Å²) in [5.74, 6) is -0.287. The standard InChI is InChI=1S/C24H22F3N5O/c1-17-14-21(24(25,26)27)29-31(17)13-12-22(33)28-15-19-16-32(20-10-6-3-7-11-20)30-23(19)18-8-4-2-5-9-18/h2-11,14,16H,12-13,15H2,1H3,(H,28,33). The van der Waals surface area contributed by atoms with Gasteiger partial charge in [-0.1, -0.05) is 48.5 Å². The van der Waals surface area contributed by atoms with Crippen molar-refractivity contribution in [2.45, 2.75) is 32.6 Å². The van der Waals surface area contributed by atoms with Gasteiger partial charge in [-0.2, -0.15) is 23.4 Å². The van der Waals surface area contributed by atoms with Gasteiger partial charge in [0.05, 0.1) is 11.4 Å². The number of benzene rings is 2. The topological polar surface area (TPSA) is 64.7 Å². The van der Waals surface area contributed by atoms with Gasteiger partial charge in [0.2, 0.25) is 5.91 Å². The molecule has 0 unspecified atom stereocenters. The van der Waals surface area contributed by atoms with E-state index in [4.69, 9.17) is 5.10 Å². The Labute approximate surface area is 188 Å². The molecule has 4 rings (SSSR count). The maximum atomic E-state index is 12.8. The Morgan fingerprint density at radius 1 is 1.00 bits per heavy atom. The molecule has 0 fully saturated rings.